The van der Waals surface area contributed by atoms with Crippen LogP contribution in [-0.2, 0) is 13.0 Å². The third-order valence-electron chi connectivity index (χ3n) is 3.22. The molecule has 2 aromatic rings. The highest BCUT2D eigenvalue weighted by Gasteiger charge is 2.13. The van der Waals surface area contributed by atoms with Gasteiger partial charge in [-0.05, 0) is 41.8 Å². The number of hydrogen-bond acceptors (Lipinski definition) is 2. The Kier molecular flexibility index (Phi) is 3.47. The van der Waals surface area contributed by atoms with E-state index in [1.54, 1.807) is 0 Å². The third kappa shape index (κ3) is 2.93. The molecule has 3 nitrogen and oxygen atoms in total. The molecule has 3 rings (SSSR count). The number of benzene rings is 2. The number of hydrogen-bond donors (Lipinski definition) is 0. The van der Waals surface area contributed by atoms with Gasteiger partial charge < -0.3 is 0 Å². The Morgan fingerprint density at radius 3 is 2.47 bits per heavy atom. The van der Waals surface area contributed by atoms with Crippen LogP contribution in [0.5, 0.6) is 0 Å². The summed E-state index contributed by atoms with van der Waals surface area (Å²) in [5.41, 5.74) is 3.58. The van der Waals surface area contributed by atoms with Gasteiger partial charge in [0.2, 0.25) is 0 Å². The second-order valence-corrected chi connectivity index (χ2v) is 5.01. The zero-order valence-electron chi connectivity index (χ0n) is 10.5. The van der Waals surface area contributed by atoms with Crippen LogP contribution >= 0.6 is 11.6 Å². The molecular weight excluding hydrogens is 258 g/mol. The Morgan fingerprint density at radius 2 is 1.68 bits per heavy atom. The van der Waals surface area contributed by atoms with Gasteiger partial charge in [-0.3, -0.25) is 5.01 Å². The van der Waals surface area contributed by atoms with E-state index >= 15 is 0 Å². The van der Waals surface area contributed by atoms with Crippen LogP contribution in [0.15, 0.2) is 58.9 Å². The van der Waals surface area contributed by atoms with Crippen LogP contribution in [0, 0.1) is 0 Å². The molecule has 1 aliphatic heterocycles. The SMILES string of the molecule is Clc1ccc(N=NN2CCc3ccccc3C2)cc1. The summed E-state index contributed by atoms with van der Waals surface area (Å²) in [5.74, 6) is 0. The minimum Gasteiger partial charge on any atom is -0.274 e. The molecule has 0 amide bonds. The highest BCUT2D eigenvalue weighted by molar-refractivity contribution is 6.30. The predicted molar refractivity (Wildman–Crippen MR) is 76.5 cm³/mol. The summed E-state index contributed by atoms with van der Waals surface area (Å²) in [6, 6.07) is 15.9. The van der Waals surface area contributed by atoms with Crippen molar-refractivity contribution in [2.45, 2.75) is 13.0 Å². The molecule has 0 fully saturated rings. The molecular formula is C15H14ClN3. The fourth-order valence-electron chi connectivity index (χ4n) is 2.18. The molecule has 1 heterocycles. The Balaban J connectivity index is 1.70. The Morgan fingerprint density at radius 1 is 0.947 bits per heavy atom. The Labute approximate surface area is 117 Å². The van der Waals surface area contributed by atoms with Crippen molar-refractivity contribution in [3.63, 3.8) is 0 Å². The Hall–Kier alpha value is -1.87. The van der Waals surface area contributed by atoms with Crippen LogP contribution in [0.1, 0.15) is 11.1 Å². The maximum atomic E-state index is 5.83. The number of rotatable bonds is 2. The van der Waals surface area contributed by atoms with E-state index in [4.69, 9.17) is 11.6 Å². The van der Waals surface area contributed by atoms with E-state index in [1.165, 1.54) is 11.1 Å². The standard InChI is InChI=1S/C15H14ClN3/c16-14-5-7-15(8-6-14)17-18-19-10-9-12-3-1-2-4-13(12)11-19/h1-8H,9-11H2. The molecule has 0 saturated heterocycles. The molecule has 96 valence electrons. The summed E-state index contributed by atoms with van der Waals surface area (Å²) < 4.78 is 0. The maximum absolute atomic E-state index is 5.83. The molecule has 0 radical (unpaired) electrons. The Bertz CT molecular complexity index is 593. The molecule has 0 aromatic heterocycles. The quantitative estimate of drug-likeness (QED) is 0.744. The minimum absolute atomic E-state index is 0.714. The van der Waals surface area contributed by atoms with Gasteiger partial charge in [0, 0.05) is 11.6 Å². The second kappa shape index (κ2) is 5.41. The molecule has 4 heteroatoms. The summed E-state index contributed by atoms with van der Waals surface area (Å²) in [7, 11) is 0. The first-order valence-electron chi connectivity index (χ1n) is 6.30. The molecule has 0 N–H and O–H groups in total. The molecule has 0 atom stereocenters. The van der Waals surface area contributed by atoms with Crippen LogP contribution in [0.4, 0.5) is 5.69 Å². The molecule has 2 aromatic carbocycles. The van der Waals surface area contributed by atoms with Gasteiger partial charge in [0.05, 0.1) is 12.2 Å². The molecule has 19 heavy (non-hydrogen) atoms. The van der Waals surface area contributed by atoms with Gasteiger partial charge in [-0.1, -0.05) is 41.1 Å². The van der Waals surface area contributed by atoms with E-state index in [9.17, 15) is 0 Å². The summed E-state index contributed by atoms with van der Waals surface area (Å²) in [4.78, 5) is 0. The average molecular weight is 272 g/mol. The van der Waals surface area contributed by atoms with Gasteiger partial charge in [0.15, 0.2) is 0 Å². The normalized spacial score (nSPS) is 14.7. The van der Waals surface area contributed by atoms with E-state index in [2.05, 4.69) is 34.6 Å². The summed E-state index contributed by atoms with van der Waals surface area (Å²) in [5, 5.41) is 11.2. The topological polar surface area (TPSA) is 28.0 Å². The first-order valence-corrected chi connectivity index (χ1v) is 6.68. The summed E-state index contributed by atoms with van der Waals surface area (Å²) >= 11 is 5.83. The van der Waals surface area contributed by atoms with Crippen molar-refractivity contribution in [2.24, 2.45) is 10.3 Å². The molecule has 0 bridgehead atoms. The van der Waals surface area contributed by atoms with Crippen molar-refractivity contribution in [3.8, 4) is 0 Å². The smallest absolute Gasteiger partial charge is 0.0875 e. The van der Waals surface area contributed by atoms with Crippen LogP contribution in [0.2, 0.25) is 5.02 Å². The van der Waals surface area contributed by atoms with Gasteiger partial charge in [0.25, 0.3) is 0 Å². The highest BCUT2D eigenvalue weighted by atomic mass is 35.5. The average Bonchev–Trinajstić information content (AvgIpc) is 2.46. The first-order chi connectivity index (χ1) is 9.31. The van der Waals surface area contributed by atoms with E-state index in [-0.39, 0.29) is 0 Å². The molecule has 1 aliphatic rings. The lowest BCUT2D eigenvalue weighted by Gasteiger charge is -2.24. The third-order valence-corrected chi connectivity index (χ3v) is 3.48. The highest BCUT2D eigenvalue weighted by Crippen LogP contribution is 2.21. The van der Waals surface area contributed by atoms with Crippen molar-refractivity contribution in [1.82, 2.24) is 5.01 Å². The zero-order chi connectivity index (χ0) is 13.1. The van der Waals surface area contributed by atoms with Gasteiger partial charge in [-0.2, -0.15) is 0 Å². The fourth-order valence-corrected chi connectivity index (χ4v) is 2.31. The van der Waals surface area contributed by atoms with Crippen LogP contribution in [0.25, 0.3) is 0 Å². The van der Waals surface area contributed by atoms with Gasteiger partial charge in [0.1, 0.15) is 0 Å². The predicted octanol–water partition coefficient (Wildman–Crippen LogP) is 4.40. The zero-order valence-corrected chi connectivity index (χ0v) is 11.2. The molecule has 0 saturated carbocycles. The minimum atomic E-state index is 0.714. The van der Waals surface area contributed by atoms with Crippen LogP contribution < -0.4 is 0 Å². The van der Waals surface area contributed by atoms with E-state index in [1.807, 2.05) is 29.3 Å². The largest absolute Gasteiger partial charge is 0.274 e. The van der Waals surface area contributed by atoms with Crippen molar-refractivity contribution in [1.29, 1.82) is 0 Å². The molecule has 0 aliphatic carbocycles. The van der Waals surface area contributed by atoms with E-state index in [0.29, 0.717) is 5.02 Å². The number of halogens is 1. The van der Waals surface area contributed by atoms with E-state index < -0.39 is 0 Å². The molecule has 0 unspecified atom stereocenters. The van der Waals surface area contributed by atoms with Crippen molar-refractivity contribution >= 4 is 17.3 Å². The van der Waals surface area contributed by atoms with Crippen molar-refractivity contribution in [3.05, 3.63) is 64.7 Å². The molecule has 0 spiro atoms. The van der Waals surface area contributed by atoms with Crippen molar-refractivity contribution in [2.75, 3.05) is 6.54 Å². The lowest BCUT2D eigenvalue weighted by atomic mass is 10.0. The van der Waals surface area contributed by atoms with E-state index in [0.717, 1.165) is 25.2 Å². The maximum Gasteiger partial charge on any atom is 0.0875 e. The number of fused-ring (bicyclic) bond motifs is 1. The van der Waals surface area contributed by atoms with Crippen LogP contribution in [0.3, 0.4) is 0 Å². The lowest BCUT2D eigenvalue weighted by Crippen LogP contribution is -2.25. The second-order valence-electron chi connectivity index (χ2n) is 4.57. The lowest BCUT2D eigenvalue weighted by molar-refractivity contribution is 0.250. The van der Waals surface area contributed by atoms with Crippen LogP contribution in [-0.4, -0.2) is 11.6 Å². The monoisotopic (exact) mass is 271 g/mol. The van der Waals surface area contributed by atoms with Gasteiger partial charge >= 0.3 is 0 Å². The van der Waals surface area contributed by atoms with Crippen molar-refractivity contribution < 1.29 is 0 Å². The number of nitrogens with zero attached hydrogens (tertiary/aromatic N) is 3. The van der Waals surface area contributed by atoms with Gasteiger partial charge in [-0.15, -0.1) is 5.11 Å². The summed E-state index contributed by atoms with van der Waals surface area (Å²) in [6.45, 7) is 1.74. The first kappa shape index (κ1) is 12.2. The van der Waals surface area contributed by atoms with Gasteiger partial charge in [-0.25, -0.2) is 0 Å². The summed E-state index contributed by atoms with van der Waals surface area (Å²) in [6.07, 6.45) is 1.02. The fraction of sp³-hybridized carbons (Fsp3) is 0.200.